The predicted octanol–water partition coefficient (Wildman–Crippen LogP) is 2.72. The van der Waals surface area contributed by atoms with Crippen LogP contribution in [0.25, 0.3) is 0 Å². The first-order valence-electron chi connectivity index (χ1n) is 6.39. The summed E-state index contributed by atoms with van der Waals surface area (Å²) >= 11 is 0. The highest BCUT2D eigenvalue weighted by atomic mass is 16.5. The zero-order valence-electron chi connectivity index (χ0n) is 11.5. The van der Waals surface area contributed by atoms with Gasteiger partial charge in [0.15, 0.2) is 0 Å². The lowest BCUT2D eigenvalue weighted by atomic mass is 9.96. The quantitative estimate of drug-likeness (QED) is 0.734. The normalized spacial score (nSPS) is 12.7. The highest BCUT2D eigenvalue weighted by Crippen LogP contribution is 2.15. The number of ether oxygens (including phenoxy) is 1. The van der Waals surface area contributed by atoms with Gasteiger partial charge in [-0.05, 0) is 43.9 Å². The van der Waals surface area contributed by atoms with Gasteiger partial charge in [0.25, 0.3) is 0 Å². The summed E-state index contributed by atoms with van der Waals surface area (Å²) in [4.78, 5) is 0. The van der Waals surface area contributed by atoms with E-state index in [1.165, 1.54) is 16.7 Å². The Balaban J connectivity index is 2.39. The maximum absolute atomic E-state index is 5.01. The molecule has 1 rings (SSSR count). The molecule has 1 N–H and O–H groups in total. The van der Waals surface area contributed by atoms with E-state index in [0.29, 0.717) is 5.92 Å². The van der Waals surface area contributed by atoms with Gasteiger partial charge in [-0.15, -0.1) is 0 Å². The summed E-state index contributed by atoms with van der Waals surface area (Å²) < 4.78 is 5.01. The summed E-state index contributed by atoms with van der Waals surface area (Å²) in [6.07, 6.45) is 1.15. The van der Waals surface area contributed by atoms with Crippen LogP contribution in [0.2, 0.25) is 0 Å². The van der Waals surface area contributed by atoms with Crippen molar-refractivity contribution in [2.75, 3.05) is 26.8 Å². The second-order valence-corrected chi connectivity index (χ2v) is 4.94. The Bertz CT molecular complexity index is 336. The van der Waals surface area contributed by atoms with E-state index >= 15 is 0 Å². The summed E-state index contributed by atoms with van der Waals surface area (Å²) in [5.41, 5.74) is 4.23. The van der Waals surface area contributed by atoms with E-state index in [9.17, 15) is 0 Å². The predicted molar refractivity (Wildman–Crippen MR) is 73.5 cm³/mol. The van der Waals surface area contributed by atoms with Crippen LogP contribution in [0.15, 0.2) is 18.2 Å². The molecule has 96 valence electrons. The maximum Gasteiger partial charge on any atom is 0.0587 e. The van der Waals surface area contributed by atoms with Crippen LogP contribution in [0, 0.1) is 19.8 Å². The first-order valence-corrected chi connectivity index (χ1v) is 6.39. The van der Waals surface area contributed by atoms with E-state index in [1.54, 1.807) is 7.11 Å². The Labute approximate surface area is 105 Å². The first-order chi connectivity index (χ1) is 8.13. The minimum atomic E-state index is 0.660. The smallest absolute Gasteiger partial charge is 0.0587 e. The van der Waals surface area contributed by atoms with Crippen molar-refractivity contribution in [1.82, 2.24) is 5.32 Å². The Morgan fingerprint density at radius 2 is 2.06 bits per heavy atom. The van der Waals surface area contributed by atoms with Crippen molar-refractivity contribution in [2.24, 2.45) is 5.92 Å². The third-order valence-electron chi connectivity index (χ3n) is 3.05. The zero-order chi connectivity index (χ0) is 12.7. The minimum absolute atomic E-state index is 0.660. The third-order valence-corrected chi connectivity index (χ3v) is 3.05. The third kappa shape index (κ3) is 5.33. The van der Waals surface area contributed by atoms with Gasteiger partial charge in [0.1, 0.15) is 0 Å². The number of benzene rings is 1. The molecule has 0 radical (unpaired) electrons. The van der Waals surface area contributed by atoms with Crippen molar-refractivity contribution in [3.8, 4) is 0 Å². The molecule has 1 aromatic rings. The lowest BCUT2D eigenvalue weighted by molar-refractivity contribution is 0.198. The van der Waals surface area contributed by atoms with Crippen LogP contribution >= 0.6 is 0 Å². The molecule has 0 aromatic heterocycles. The average molecular weight is 235 g/mol. The summed E-state index contributed by atoms with van der Waals surface area (Å²) in [6.45, 7) is 9.42. The van der Waals surface area contributed by atoms with Gasteiger partial charge >= 0.3 is 0 Å². The van der Waals surface area contributed by atoms with Gasteiger partial charge in [-0.25, -0.2) is 0 Å². The number of aryl methyl sites for hydroxylation is 2. The van der Waals surface area contributed by atoms with Gasteiger partial charge in [-0.2, -0.15) is 0 Å². The second-order valence-electron chi connectivity index (χ2n) is 4.94. The molecule has 2 nitrogen and oxygen atoms in total. The monoisotopic (exact) mass is 235 g/mol. The molecule has 0 amide bonds. The molecule has 1 aromatic carbocycles. The Morgan fingerprint density at radius 3 is 2.76 bits per heavy atom. The van der Waals surface area contributed by atoms with E-state index < -0.39 is 0 Å². The standard InChI is InChI=1S/C15H25NO/c1-12-5-6-14(3)15(9-12)10-13(2)11-16-7-8-17-4/h5-6,9,13,16H,7-8,10-11H2,1-4H3. The van der Waals surface area contributed by atoms with Crippen LogP contribution in [0.4, 0.5) is 0 Å². The summed E-state index contributed by atoms with van der Waals surface area (Å²) in [7, 11) is 1.74. The molecule has 0 heterocycles. The van der Waals surface area contributed by atoms with Crippen LogP contribution < -0.4 is 5.32 Å². The fourth-order valence-electron chi connectivity index (χ4n) is 1.99. The first kappa shape index (κ1) is 14.2. The van der Waals surface area contributed by atoms with Crippen molar-refractivity contribution >= 4 is 0 Å². The number of nitrogens with one attached hydrogen (secondary N) is 1. The van der Waals surface area contributed by atoms with Gasteiger partial charge in [-0.1, -0.05) is 30.7 Å². The van der Waals surface area contributed by atoms with Gasteiger partial charge in [0.05, 0.1) is 6.61 Å². The Hall–Kier alpha value is -0.860. The van der Waals surface area contributed by atoms with E-state index in [-0.39, 0.29) is 0 Å². The zero-order valence-corrected chi connectivity index (χ0v) is 11.5. The molecule has 1 atom stereocenters. The number of rotatable bonds is 7. The molecule has 0 fully saturated rings. The second kappa shape index (κ2) is 7.46. The van der Waals surface area contributed by atoms with Crippen molar-refractivity contribution < 1.29 is 4.74 Å². The topological polar surface area (TPSA) is 21.3 Å². The molecule has 0 aliphatic heterocycles. The van der Waals surface area contributed by atoms with Crippen LogP contribution in [0.5, 0.6) is 0 Å². The van der Waals surface area contributed by atoms with Gasteiger partial charge < -0.3 is 10.1 Å². The summed E-state index contributed by atoms with van der Waals surface area (Å²) in [5, 5.41) is 3.42. The summed E-state index contributed by atoms with van der Waals surface area (Å²) in [5.74, 6) is 0.660. The summed E-state index contributed by atoms with van der Waals surface area (Å²) in [6, 6.07) is 6.71. The van der Waals surface area contributed by atoms with Crippen molar-refractivity contribution in [1.29, 1.82) is 0 Å². The van der Waals surface area contributed by atoms with Crippen LogP contribution in [-0.4, -0.2) is 26.8 Å². The molecule has 17 heavy (non-hydrogen) atoms. The lowest BCUT2D eigenvalue weighted by Crippen LogP contribution is -2.25. The molecule has 0 saturated heterocycles. The SMILES string of the molecule is COCCNCC(C)Cc1cc(C)ccc1C. The molecular weight excluding hydrogens is 210 g/mol. The highest BCUT2D eigenvalue weighted by molar-refractivity contribution is 5.30. The van der Waals surface area contributed by atoms with Crippen LogP contribution in [0.1, 0.15) is 23.6 Å². The lowest BCUT2D eigenvalue weighted by Gasteiger charge is -2.14. The van der Waals surface area contributed by atoms with Crippen LogP contribution in [-0.2, 0) is 11.2 Å². The molecule has 0 aliphatic rings. The Kier molecular flexibility index (Phi) is 6.23. The number of methoxy groups -OCH3 is 1. The number of hydrogen-bond donors (Lipinski definition) is 1. The maximum atomic E-state index is 5.01. The molecule has 1 unspecified atom stereocenters. The highest BCUT2D eigenvalue weighted by Gasteiger charge is 2.05. The Morgan fingerprint density at radius 1 is 1.29 bits per heavy atom. The van der Waals surface area contributed by atoms with E-state index in [0.717, 1.165) is 26.1 Å². The van der Waals surface area contributed by atoms with Gasteiger partial charge in [0.2, 0.25) is 0 Å². The molecular formula is C15H25NO. The van der Waals surface area contributed by atoms with Crippen molar-refractivity contribution in [3.63, 3.8) is 0 Å². The van der Waals surface area contributed by atoms with Gasteiger partial charge in [-0.3, -0.25) is 0 Å². The fourth-order valence-corrected chi connectivity index (χ4v) is 1.99. The molecule has 0 aliphatic carbocycles. The largest absolute Gasteiger partial charge is 0.383 e. The van der Waals surface area contributed by atoms with E-state index in [4.69, 9.17) is 4.74 Å². The average Bonchev–Trinajstić information content (AvgIpc) is 2.29. The van der Waals surface area contributed by atoms with Crippen molar-refractivity contribution in [2.45, 2.75) is 27.2 Å². The van der Waals surface area contributed by atoms with E-state index in [1.807, 2.05) is 0 Å². The molecule has 0 spiro atoms. The van der Waals surface area contributed by atoms with E-state index in [2.05, 4.69) is 44.3 Å². The van der Waals surface area contributed by atoms with Gasteiger partial charge in [0, 0.05) is 13.7 Å². The fraction of sp³-hybridized carbons (Fsp3) is 0.600. The molecule has 0 saturated carbocycles. The minimum Gasteiger partial charge on any atom is -0.383 e. The molecule has 0 bridgehead atoms. The number of hydrogen-bond acceptors (Lipinski definition) is 2. The van der Waals surface area contributed by atoms with Crippen LogP contribution in [0.3, 0.4) is 0 Å². The van der Waals surface area contributed by atoms with Crippen molar-refractivity contribution in [3.05, 3.63) is 34.9 Å². The molecule has 2 heteroatoms.